The van der Waals surface area contributed by atoms with Crippen LogP contribution in [0.3, 0.4) is 0 Å². The largest absolute Gasteiger partial charge is 0.394 e. The van der Waals surface area contributed by atoms with Crippen LogP contribution in [0, 0.1) is 29.6 Å². The number of hydrogen-bond donors (Lipinski definition) is 3. The number of rotatable bonds is 10. The molecule has 0 saturated carbocycles. The highest BCUT2D eigenvalue weighted by Gasteiger charge is 2.58. The molecule has 0 aromatic rings. The molecule has 0 radical (unpaired) electrons. The standard InChI is InChI=1S/C24H41N3O4/c1-7-9-15(5)26-23(30)21-18-11-10-16(8-2)19(22(29)25-6)20(18)24(31)27(21)17(13-28)12-14(3)4/h10-11,14-21,28H,7-9,12-13H2,1-6H3,(H,25,29)(H,26,30)/t15?,16-,17-,18+,19-,20+,21+/m1/s1. The van der Waals surface area contributed by atoms with Gasteiger partial charge in [-0.15, -0.1) is 0 Å². The Bertz CT molecular complexity index is 678. The zero-order chi connectivity index (χ0) is 23.3. The lowest BCUT2D eigenvalue weighted by atomic mass is 9.69. The number of amides is 3. The molecule has 0 spiro atoms. The summed E-state index contributed by atoms with van der Waals surface area (Å²) in [5, 5.41) is 15.9. The van der Waals surface area contributed by atoms with Crippen molar-refractivity contribution in [2.45, 2.75) is 78.4 Å². The molecule has 1 aliphatic carbocycles. The Labute approximate surface area is 187 Å². The van der Waals surface area contributed by atoms with Crippen LogP contribution < -0.4 is 10.6 Å². The van der Waals surface area contributed by atoms with Crippen LogP contribution in [0.1, 0.15) is 60.3 Å². The maximum atomic E-state index is 13.8. The van der Waals surface area contributed by atoms with Crippen molar-refractivity contribution in [2.24, 2.45) is 29.6 Å². The van der Waals surface area contributed by atoms with E-state index in [4.69, 9.17) is 0 Å². The first-order chi connectivity index (χ1) is 14.7. The number of aliphatic hydroxyl groups is 1. The van der Waals surface area contributed by atoms with E-state index in [-0.39, 0.29) is 48.1 Å². The topological polar surface area (TPSA) is 98.7 Å². The van der Waals surface area contributed by atoms with E-state index in [1.54, 1.807) is 11.9 Å². The third-order valence-corrected chi connectivity index (χ3v) is 6.79. The number of nitrogens with one attached hydrogen (secondary N) is 2. The molecule has 2 aliphatic rings. The summed E-state index contributed by atoms with van der Waals surface area (Å²) < 4.78 is 0. The molecule has 1 aliphatic heterocycles. The fourth-order valence-electron chi connectivity index (χ4n) is 5.41. The third kappa shape index (κ3) is 5.30. The minimum absolute atomic E-state index is 0.00289. The lowest BCUT2D eigenvalue weighted by Gasteiger charge is -2.35. The van der Waals surface area contributed by atoms with Crippen LogP contribution in [0.5, 0.6) is 0 Å². The molecule has 3 amide bonds. The molecule has 7 nitrogen and oxygen atoms in total. The van der Waals surface area contributed by atoms with E-state index < -0.39 is 23.9 Å². The summed E-state index contributed by atoms with van der Waals surface area (Å²) in [6.07, 6.45) is 7.11. The van der Waals surface area contributed by atoms with Crippen LogP contribution in [0.15, 0.2) is 12.2 Å². The summed E-state index contributed by atoms with van der Waals surface area (Å²) in [6.45, 7) is 9.91. The molecule has 0 aromatic heterocycles. The van der Waals surface area contributed by atoms with Crippen molar-refractivity contribution in [2.75, 3.05) is 13.7 Å². The molecule has 0 aromatic carbocycles. The second-order valence-electron chi connectivity index (χ2n) is 9.55. The van der Waals surface area contributed by atoms with E-state index in [1.165, 1.54) is 0 Å². The molecular weight excluding hydrogens is 394 g/mol. The Hall–Kier alpha value is -1.89. The van der Waals surface area contributed by atoms with Gasteiger partial charge < -0.3 is 20.6 Å². The summed E-state index contributed by atoms with van der Waals surface area (Å²) in [7, 11) is 1.59. The van der Waals surface area contributed by atoms with Gasteiger partial charge in [-0.2, -0.15) is 0 Å². The molecule has 1 saturated heterocycles. The zero-order valence-corrected chi connectivity index (χ0v) is 19.9. The van der Waals surface area contributed by atoms with Gasteiger partial charge in [0.05, 0.1) is 24.5 Å². The number of carbonyl (C=O) groups excluding carboxylic acids is 3. The van der Waals surface area contributed by atoms with Gasteiger partial charge in [-0.25, -0.2) is 0 Å². The minimum Gasteiger partial charge on any atom is -0.394 e. The number of likely N-dealkylation sites (tertiary alicyclic amines) is 1. The number of nitrogens with zero attached hydrogens (tertiary/aromatic N) is 1. The highest BCUT2D eigenvalue weighted by Crippen LogP contribution is 2.46. The number of fused-ring (bicyclic) bond motifs is 1. The van der Waals surface area contributed by atoms with E-state index in [0.29, 0.717) is 6.42 Å². The van der Waals surface area contributed by atoms with Crippen molar-refractivity contribution in [3.63, 3.8) is 0 Å². The van der Waals surface area contributed by atoms with E-state index >= 15 is 0 Å². The predicted molar refractivity (Wildman–Crippen MR) is 121 cm³/mol. The summed E-state index contributed by atoms with van der Waals surface area (Å²) >= 11 is 0. The summed E-state index contributed by atoms with van der Waals surface area (Å²) in [5.41, 5.74) is 0. The smallest absolute Gasteiger partial charge is 0.243 e. The second-order valence-corrected chi connectivity index (χ2v) is 9.55. The van der Waals surface area contributed by atoms with Crippen molar-refractivity contribution in [1.29, 1.82) is 0 Å². The SMILES string of the molecule is CCCC(C)NC(=O)[C@@H]1[C@H]2C=C[C@@H](CC)[C@@H](C(=O)NC)[C@H]2C(=O)N1[C@@H](CO)CC(C)C. The van der Waals surface area contributed by atoms with E-state index in [2.05, 4.69) is 17.6 Å². The van der Waals surface area contributed by atoms with Gasteiger partial charge in [0.15, 0.2) is 0 Å². The molecule has 0 bridgehead atoms. The van der Waals surface area contributed by atoms with E-state index in [0.717, 1.165) is 19.3 Å². The van der Waals surface area contributed by atoms with Gasteiger partial charge in [0.25, 0.3) is 0 Å². The molecule has 1 heterocycles. The molecule has 1 unspecified atom stereocenters. The number of carbonyl (C=O) groups is 3. The summed E-state index contributed by atoms with van der Waals surface area (Å²) in [6, 6.07) is -1.17. The maximum Gasteiger partial charge on any atom is 0.243 e. The normalized spacial score (nSPS) is 29.6. The third-order valence-electron chi connectivity index (χ3n) is 6.79. The van der Waals surface area contributed by atoms with Gasteiger partial charge >= 0.3 is 0 Å². The van der Waals surface area contributed by atoms with Gasteiger partial charge in [0, 0.05) is 19.0 Å². The Kier molecular flexibility index (Phi) is 9.10. The van der Waals surface area contributed by atoms with Gasteiger partial charge in [-0.05, 0) is 38.0 Å². The maximum absolute atomic E-state index is 13.8. The Morgan fingerprint density at radius 3 is 2.35 bits per heavy atom. The summed E-state index contributed by atoms with van der Waals surface area (Å²) in [5.74, 6) is -1.83. The second kappa shape index (κ2) is 11.1. The minimum atomic E-state index is -0.714. The quantitative estimate of drug-likeness (QED) is 0.458. The fraction of sp³-hybridized carbons (Fsp3) is 0.792. The van der Waals surface area contributed by atoms with Gasteiger partial charge in [0.2, 0.25) is 17.7 Å². The average Bonchev–Trinajstić information content (AvgIpc) is 3.03. The van der Waals surface area contributed by atoms with Crippen LogP contribution >= 0.6 is 0 Å². The van der Waals surface area contributed by atoms with Crippen molar-refractivity contribution in [1.82, 2.24) is 15.5 Å². The molecule has 7 heteroatoms. The van der Waals surface area contributed by atoms with Crippen LogP contribution in [0.2, 0.25) is 0 Å². The van der Waals surface area contributed by atoms with E-state index in [1.807, 2.05) is 39.8 Å². The number of hydrogen-bond acceptors (Lipinski definition) is 4. The first-order valence-corrected chi connectivity index (χ1v) is 11.8. The molecule has 7 atom stereocenters. The molecule has 31 heavy (non-hydrogen) atoms. The summed E-state index contributed by atoms with van der Waals surface area (Å²) in [4.78, 5) is 41.6. The molecule has 2 rings (SSSR count). The van der Waals surface area contributed by atoms with Gasteiger partial charge in [-0.1, -0.05) is 46.3 Å². The lowest BCUT2D eigenvalue weighted by molar-refractivity contribution is -0.143. The van der Waals surface area contributed by atoms with Crippen molar-refractivity contribution in [3.05, 3.63) is 12.2 Å². The molecule has 176 valence electrons. The first-order valence-electron chi connectivity index (χ1n) is 11.8. The highest BCUT2D eigenvalue weighted by atomic mass is 16.3. The first kappa shape index (κ1) is 25.4. The van der Waals surface area contributed by atoms with Crippen LogP contribution in [-0.2, 0) is 14.4 Å². The van der Waals surface area contributed by atoms with Crippen LogP contribution in [0.25, 0.3) is 0 Å². The van der Waals surface area contributed by atoms with Gasteiger partial charge in [-0.3, -0.25) is 14.4 Å². The molecule has 3 N–H and O–H groups in total. The van der Waals surface area contributed by atoms with Crippen molar-refractivity contribution in [3.8, 4) is 0 Å². The van der Waals surface area contributed by atoms with Crippen LogP contribution in [0.4, 0.5) is 0 Å². The van der Waals surface area contributed by atoms with Gasteiger partial charge in [0.1, 0.15) is 6.04 Å². The van der Waals surface area contributed by atoms with E-state index in [9.17, 15) is 19.5 Å². The molecule has 1 fully saturated rings. The highest BCUT2D eigenvalue weighted by molar-refractivity contribution is 5.97. The Morgan fingerprint density at radius 1 is 1.16 bits per heavy atom. The number of aliphatic hydroxyl groups excluding tert-OH is 1. The van der Waals surface area contributed by atoms with Crippen molar-refractivity contribution >= 4 is 17.7 Å². The zero-order valence-electron chi connectivity index (χ0n) is 19.9. The van der Waals surface area contributed by atoms with Crippen LogP contribution in [-0.4, -0.2) is 59.5 Å². The number of allylic oxidation sites excluding steroid dienone is 1. The Morgan fingerprint density at radius 2 is 1.84 bits per heavy atom. The monoisotopic (exact) mass is 435 g/mol. The van der Waals surface area contributed by atoms with Crippen molar-refractivity contribution < 1.29 is 19.5 Å². The lowest BCUT2D eigenvalue weighted by Crippen LogP contribution is -2.54. The fourth-order valence-corrected chi connectivity index (χ4v) is 5.41. The predicted octanol–water partition coefficient (Wildman–Crippen LogP) is 2.10. The average molecular weight is 436 g/mol. The molecular formula is C24H41N3O4. The Balaban J connectivity index is 2.50.